The van der Waals surface area contributed by atoms with Gasteiger partial charge in [-0.05, 0) is 12.5 Å². The van der Waals surface area contributed by atoms with E-state index in [1.165, 1.54) is 12.3 Å². The van der Waals surface area contributed by atoms with Crippen molar-refractivity contribution in [2.45, 2.75) is 31.6 Å². The Bertz CT molecular complexity index is 749. The van der Waals surface area contributed by atoms with Crippen LogP contribution in [0.4, 0.5) is 4.79 Å². The monoisotopic (exact) mass is 385 g/mol. The lowest BCUT2D eigenvalue weighted by molar-refractivity contribution is -0.143. The van der Waals surface area contributed by atoms with E-state index in [2.05, 4.69) is 30.5 Å². The van der Waals surface area contributed by atoms with Crippen LogP contribution in [-0.4, -0.2) is 39.9 Å². The van der Waals surface area contributed by atoms with Gasteiger partial charge >= 0.3 is 12.1 Å². The summed E-state index contributed by atoms with van der Waals surface area (Å²) in [6, 6.07) is 19.1. The maximum Gasteiger partial charge on any atom is 0.407 e. The van der Waals surface area contributed by atoms with Crippen LogP contribution in [0.2, 0.25) is 13.1 Å². The zero-order chi connectivity index (χ0) is 19.9. The number of esters is 1. The zero-order valence-corrected chi connectivity index (χ0v) is 17.3. The van der Waals surface area contributed by atoms with Crippen molar-refractivity contribution >= 4 is 25.3 Å². The molecule has 0 aromatic heterocycles. The number of ether oxygens (including phenoxy) is 2. The minimum atomic E-state index is -2.25. The van der Waals surface area contributed by atoms with Crippen molar-refractivity contribution in [1.82, 2.24) is 5.32 Å². The quantitative estimate of drug-likeness (QED) is 0.587. The van der Waals surface area contributed by atoms with Gasteiger partial charge in [-0.2, -0.15) is 0 Å². The second-order valence-corrected chi connectivity index (χ2v) is 11.5. The number of hydrogen-bond acceptors (Lipinski definition) is 4. The molecular weight excluding hydrogens is 358 g/mol. The van der Waals surface area contributed by atoms with Gasteiger partial charge in [-0.1, -0.05) is 78.9 Å². The molecule has 2 aromatic carbocycles. The predicted octanol–water partition coefficient (Wildman–Crippen LogP) is 3.21. The molecule has 1 amide bonds. The van der Waals surface area contributed by atoms with Crippen molar-refractivity contribution in [2.24, 2.45) is 0 Å². The fourth-order valence-electron chi connectivity index (χ4n) is 3.44. The molecule has 144 valence electrons. The Morgan fingerprint density at radius 2 is 1.56 bits per heavy atom. The molecule has 0 fully saturated rings. The molecule has 6 heteroatoms. The van der Waals surface area contributed by atoms with Gasteiger partial charge in [-0.15, -0.1) is 0 Å². The lowest BCUT2D eigenvalue weighted by Gasteiger charge is -2.37. The molecule has 0 unspecified atom stereocenters. The number of hydrogen-bond donors (Lipinski definition) is 1. The molecule has 0 aliphatic heterocycles. The number of benzene rings is 2. The number of carbonyl (C=O) groups excluding carboxylic acids is 2. The summed E-state index contributed by atoms with van der Waals surface area (Å²) in [6.07, 6.45) is -0.619. The van der Waals surface area contributed by atoms with Crippen LogP contribution in [0.5, 0.6) is 0 Å². The summed E-state index contributed by atoms with van der Waals surface area (Å²) in [4.78, 5) is 24.8. The topological polar surface area (TPSA) is 64.6 Å². The number of nitrogens with one attached hydrogen (secondary N) is 1. The average Bonchev–Trinajstić information content (AvgIpc) is 2.68. The van der Waals surface area contributed by atoms with Crippen LogP contribution in [0.25, 0.3) is 0 Å². The van der Waals surface area contributed by atoms with Crippen molar-refractivity contribution in [3.63, 3.8) is 0 Å². The molecule has 0 saturated carbocycles. The molecule has 0 aliphatic rings. The van der Waals surface area contributed by atoms with Gasteiger partial charge < -0.3 is 14.8 Å². The first-order chi connectivity index (χ1) is 12.9. The van der Waals surface area contributed by atoms with Gasteiger partial charge in [0.1, 0.15) is 6.04 Å². The van der Waals surface area contributed by atoms with Crippen LogP contribution >= 0.6 is 0 Å². The summed E-state index contributed by atoms with van der Waals surface area (Å²) in [7, 11) is -0.918. The number of alkyl carbamates (subject to hydrolysis) is 1. The summed E-state index contributed by atoms with van der Waals surface area (Å²) >= 11 is 0. The van der Waals surface area contributed by atoms with Crippen molar-refractivity contribution < 1.29 is 19.1 Å². The number of rotatable bonds is 7. The second kappa shape index (κ2) is 9.37. The third-order valence-electron chi connectivity index (χ3n) is 4.79. The Balaban J connectivity index is 2.55. The Morgan fingerprint density at radius 1 is 1.00 bits per heavy atom. The summed E-state index contributed by atoms with van der Waals surface area (Å²) in [6.45, 7) is 6.35. The Kier molecular flexibility index (Phi) is 7.18. The van der Waals surface area contributed by atoms with Gasteiger partial charge in [0.05, 0.1) is 21.8 Å². The van der Waals surface area contributed by atoms with Crippen molar-refractivity contribution in [1.29, 1.82) is 0 Å². The molecule has 0 radical (unpaired) electrons. The fourth-order valence-corrected chi connectivity index (χ4v) is 6.93. The molecule has 27 heavy (non-hydrogen) atoms. The van der Waals surface area contributed by atoms with Crippen LogP contribution in [0, 0.1) is 0 Å². The first-order valence-electron chi connectivity index (χ1n) is 9.03. The Morgan fingerprint density at radius 3 is 2.07 bits per heavy atom. The molecule has 0 bridgehead atoms. The molecule has 0 heterocycles. The number of carbonyl (C=O) groups is 2. The van der Waals surface area contributed by atoms with Crippen molar-refractivity contribution in [3.8, 4) is 0 Å². The molecular formula is C21H27NO4Si. The van der Waals surface area contributed by atoms with E-state index >= 15 is 0 Å². The van der Waals surface area contributed by atoms with Gasteiger partial charge in [0.25, 0.3) is 0 Å². The normalized spacial score (nSPS) is 13.3. The summed E-state index contributed by atoms with van der Waals surface area (Å²) in [5.41, 5.74) is 0.767. The highest BCUT2D eigenvalue weighted by molar-refractivity contribution is 6.91. The van der Waals surface area contributed by atoms with E-state index in [9.17, 15) is 9.59 Å². The minimum absolute atomic E-state index is 0.224. The predicted molar refractivity (Wildman–Crippen MR) is 109 cm³/mol. The highest BCUT2D eigenvalue weighted by Gasteiger charge is 2.44. The smallest absolute Gasteiger partial charge is 0.407 e. The molecule has 0 spiro atoms. The summed E-state index contributed by atoms with van der Waals surface area (Å²) in [5, 5.41) is 3.94. The number of amides is 1. The van der Waals surface area contributed by atoms with Crippen LogP contribution < -0.4 is 10.5 Å². The fraction of sp³-hybridized carbons (Fsp3) is 0.333. The molecule has 2 atom stereocenters. The lowest BCUT2D eigenvalue weighted by Crippen LogP contribution is -2.58. The minimum Gasteiger partial charge on any atom is -0.467 e. The van der Waals surface area contributed by atoms with Gasteiger partial charge in [-0.25, -0.2) is 9.59 Å². The van der Waals surface area contributed by atoms with Crippen LogP contribution in [0.3, 0.4) is 0 Å². The van der Waals surface area contributed by atoms with Gasteiger partial charge in [0, 0.05) is 5.54 Å². The zero-order valence-electron chi connectivity index (χ0n) is 16.3. The molecule has 1 N–H and O–H groups in total. The third kappa shape index (κ3) is 4.98. The third-order valence-corrected chi connectivity index (χ3v) is 8.83. The van der Waals surface area contributed by atoms with E-state index in [0.717, 1.165) is 5.56 Å². The van der Waals surface area contributed by atoms with E-state index < -0.39 is 26.2 Å². The van der Waals surface area contributed by atoms with Crippen molar-refractivity contribution in [2.75, 3.05) is 13.7 Å². The largest absolute Gasteiger partial charge is 0.467 e. The standard InChI is InChI=1S/C21H27NO4Si/c1-5-26-21(24)22-18(20(23)25-2)19(16-12-8-6-9-13-16)27(3,4)17-14-10-7-11-15-17/h6-15,18-19H,5H2,1-4H3,(H,22,24)/t18-,19-/m0/s1. The highest BCUT2D eigenvalue weighted by Crippen LogP contribution is 2.31. The first kappa shape index (κ1) is 20.7. The first-order valence-corrected chi connectivity index (χ1v) is 12.1. The Hall–Kier alpha value is -2.60. The lowest BCUT2D eigenvalue weighted by atomic mass is 10.1. The van der Waals surface area contributed by atoms with Crippen LogP contribution in [-0.2, 0) is 14.3 Å². The van der Waals surface area contributed by atoms with Gasteiger partial charge in [0.2, 0.25) is 0 Å². The molecule has 2 rings (SSSR count). The van der Waals surface area contributed by atoms with E-state index in [4.69, 9.17) is 9.47 Å². The van der Waals surface area contributed by atoms with Crippen LogP contribution in [0.1, 0.15) is 18.0 Å². The van der Waals surface area contributed by atoms with E-state index in [1.54, 1.807) is 6.92 Å². The van der Waals surface area contributed by atoms with E-state index in [0.29, 0.717) is 0 Å². The molecule has 5 nitrogen and oxygen atoms in total. The maximum atomic E-state index is 12.7. The van der Waals surface area contributed by atoms with Gasteiger partial charge in [-0.3, -0.25) is 0 Å². The second-order valence-electron chi connectivity index (χ2n) is 6.84. The summed E-state index contributed by atoms with van der Waals surface area (Å²) in [5.74, 6) is -0.478. The van der Waals surface area contributed by atoms with Crippen LogP contribution in [0.15, 0.2) is 60.7 Å². The van der Waals surface area contributed by atoms with Crippen molar-refractivity contribution in [3.05, 3.63) is 66.2 Å². The average molecular weight is 386 g/mol. The Labute approximate surface area is 161 Å². The molecule has 2 aromatic rings. The molecule has 0 aliphatic carbocycles. The maximum absolute atomic E-state index is 12.7. The number of methoxy groups -OCH3 is 1. The van der Waals surface area contributed by atoms with E-state index in [1.807, 2.05) is 48.5 Å². The van der Waals surface area contributed by atoms with E-state index in [-0.39, 0.29) is 12.1 Å². The van der Waals surface area contributed by atoms with Gasteiger partial charge in [0.15, 0.2) is 0 Å². The SMILES string of the molecule is CCOC(=O)N[C@H](C(=O)OC)[C@H](c1ccccc1)[Si](C)(C)c1ccccc1. The highest BCUT2D eigenvalue weighted by atomic mass is 28.3. The summed E-state index contributed by atoms with van der Waals surface area (Å²) < 4.78 is 10.1. The molecule has 0 saturated heterocycles.